The van der Waals surface area contributed by atoms with Gasteiger partial charge in [-0.3, -0.25) is 14.6 Å². The Labute approximate surface area is 194 Å². The number of amides is 1. The minimum atomic E-state index is -0.0725. The van der Waals surface area contributed by atoms with E-state index in [2.05, 4.69) is 15.2 Å². The van der Waals surface area contributed by atoms with Crippen LogP contribution in [0, 0.1) is 6.92 Å². The molecule has 0 radical (unpaired) electrons. The zero-order valence-corrected chi connectivity index (χ0v) is 19.3. The fourth-order valence-corrected chi connectivity index (χ4v) is 5.07. The van der Waals surface area contributed by atoms with Gasteiger partial charge in [0.05, 0.1) is 28.9 Å². The first-order valence-corrected chi connectivity index (χ1v) is 11.7. The van der Waals surface area contributed by atoms with E-state index in [1.165, 1.54) is 11.3 Å². The number of rotatable bonds is 6. The first kappa shape index (κ1) is 21.3. The van der Waals surface area contributed by atoms with Crippen LogP contribution in [0.3, 0.4) is 0 Å². The number of benzene rings is 2. The van der Waals surface area contributed by atoms with E-state index in [1.807, 2.05) is 43.3 Å². The van der Waals surface area contributed by atoms with E-state index in [0.717, 1.165) is 59.7 Å². The molecule has 0 saturated carbocycles. The second-order valence-electron chi connectivity index (χ2n) is 7.75. The molecule has 0 aliphatic carbocycles. The highest BCUT2D eigenvalue weighted by Gasteiger charge is 2.23. The van der Waals surface area contributed by atoms with Gasteiger partial charge in [-0.05, 0) is 36.8 Å². The number of aryl methyl sites for hydroxylation is 1. The highest BCUT2D eigenvalue weighted by molar-refractivity contribution is 7.22. The molecule has 166 valence electrons. The third kappa shape index (κ3) is 4.21. The molecule has 1 amide bonds. The Bertz CT molecular complexity index is 1270. The van der Waals surface area contributed by atoms with E-state index < -0.39 is 0 Å². The van der Waals surface area contributed by atoms with Gasteiger partial charge >= 0.3 is 0 Å². The second-order valence-corrected chi connectivity index (χ2v) is 9.17. The summed E-state index contributed by atoms with van der Waals surface area (Å²) < 4.78 is 8.11. The number of morpholine rings is 1. The third-order valence-corrected chi connectivity index (χ3v) is 7.17. The van der Waals surface area contributed by atoms with Crippen LogP contribution in [0.25, 0.3) is 21.3 Å². The number of anilines is 1. The molecule has 0 spiro atoms. The number of ether oxygens (including phenoxy) is 1. The molecule has 0 bridgehead atoms. The van der Waals surface area contributed by atoms with Crippen LogP contribution in [0.2, 0.25) is 5.02 Å². The molecule has 2 aromatic heterocycles. The Kier molecular flexibility index (Phi) is 6.05. The van der Waals surface area contributed by atoms with Crippen molar-refractivity contribution in [1.82, 2.24) is 24.9 Å². The third-order valence-electron chi connectivity index (χ3n) is 5.72. The Morgan fingerprint density at radius 3 is 2.88 bits per heavy atom. The number of aromatic nitrogens is 4. The van der Waals surface area contributed by atoms with Gasteiger partial charge in [-0.2, -0.15) is 0 Å². The first-order valence-electron chi connectivity index (χ1n) is 10.5. The van der Waals surface area contributed by atoms with E-state index in [4.69, 9.17) is 21.3 Å². The molecular formula is C22H23ClN6O2S. The summed E-state index contributed by atoms with van der Waals surface area (Å²) in [5, 5.41) is 9.71. The molecule has 5 rings (SSSR count). The number of carbonyl (C=O) groups excluding carboxylic acids is 1. The fourth-order valence-electron chi connectivity index (χ4n) is 3.85. The van der Waals surface area contributed by atoms with Crippen molar-refractivity contribution in [1.29, 1.82) is 0 Å². The number of nitrogens with zero attached hydrogens (tertiary/aromatic N) is 6. The summed E-state index contributed by atoms with van der Waals surface area (Å²) in [5.41, 5.74) is 3.37. The maximum Gasteiger partial charge on any atom is 0.250 e. The van der Waals surface area contributed by atoms with Crippen molar-refractivity contribution >= 4 is 55.2 Å². The first-order chi connectivity index (χ1) is 15.6. The standard InChI is InChI=1S/C22H23ClN6O2S/c1-15-16(23)6-7-19-21(15)24-22(32-19)28(9-8-27-10-12-31-13-11-27)20(30)14-29-18-5-3-2-4-17(18)25-26-29/h2-7H,8-14H2,1H3. The minimum absolute atomic E-state index is 0.0725. The van der Waals surface area contributed by atoms with Crippen molar-refractivity contribution in [2.24, 2.45) is 0 Å². The molecule has 10 heteroatoms. The van der Waals surface area contributed by atoms with Crippen LogP contribution in [0.4, 0.5) is 5.13 Å². The van der Waals surface area contributed by atoms with Gasteiger partial charge in [-0.25, -0.2) is 9.67 Å². The van der Waals surface area contributed by atoms with E-state index in [1.54, 1.807) is 9.58 Å². The predicted octanol–water partition coefficient (Wildman–Crippen LogP) is 3.37. The lowest BCUT2D eigenvalue weighted by Crippen LogP contribution is -2.44. The highest BCUT2D eigenvalue weighted by Crippen LogP contribution is 2.33. The fraction of sp³-hybridized carbons (Fsp3) is 0.364. The van der Waals surface area contributed by atoms with Crippen molar-refractivity contribution in [3.05, 3.63) is 47.0 Å². The molecular weight excluding hydrogens is 448 g/mol. The van der Waals surface area contributed by atoms with Crippen LogP contribution >= 0.6 is 22.9 Å². The average Bonchev–Trinajstić information content (AvgIpc) is 3.42. The van der Waals surface area contributed by atoms with Crippen molar-refractivity contribution in [3.63, 3.8) is 0 Å². The summed E-state index contributed by atoms with van der Waals surface area (Å²) in [6, 6.07) is 11.5. The Morgan fingerprint density at radius 2 is 2.03 bits per heavy atom. The topological polar surface area (TPSA) is 76.4 Å². The number of hydrogen-bond acceptors (Lipinski definition) is 7. The maximum absolute atomic E-state index is 13.5. The highest BCUT2D eigenvalue weighted by atomic mass is 35.5. The lowest BCUT2D eigenvalue weighted by atomic mass is 10.2. The van der Waals surface area contributed by atoms with Crippen LogP contribution in [-0.2, 0) is 16.1 Å². The van der Waals surface area contributed by atoms with Gasteiger partial charge in [0.1, 0.15) is 12.1 Å². The van der Waals surface area contributed by atoms with Gasteiger partial charge in [0.25, 0.3) is 5.91 Å². The molecule has 3 heterocycles. The molecule has 0 atom stereocenters. The SMILES string of the molecule is Cc1c(Cl)ccc2sc(N(CCN3CCOCC3)C(=O)Cn3nnc4ccccc43)nc12. The van der Waals surface area contributed by atoms with Gasteiger partial charge in [0, 0.05) is 31.2 Å². The van der Waals surface area contributed by atoms with Crippen molar-refractivity contribution < 1.29 is 9.53 Å². The smallest absolute Gasteiger partial charge is 0.250 e. The molecule has 1 saturated heterocycles. The maximum atomic E-state index is 13.5. The summed E-state index contributed by atoms with van der Waals surface area (Å²) in [6.45, 7) is 6.51. The molecule has 1 aliphatic heterocycles. The van der Waals surface area contributed by atoms with E-state index in [9.17, 15) is 4.79 Å². The zero-order valence-electron chi connectivity index (χ0n) is 17.7. The summed E-state index contributed by atoms with van der Waals surface area (Å²) in [6.07, 6.45) is 0. The molecule has 1 aliphatic rings. The van der Waals surface area contributed by atoms with Crippen molar-refractivity contribution in [2.45, 2.75) is 13.5 Å². The molecule has 32 heavy (non-hydrogen) atoms. The predicted molar refractivity (Wildman–Crippen MR) is 127 cm³/mol. The van der Waals surface area contributed by atoms with Gasteiger partial charge in [0.15, 0.2) is 5.13 Å². The van der Waals surface area contributed by atoms with E-state index in [-0.39, 0.29) is 12.5 Å². The number of fused-ring (bicyclic) bond motifs is 2. The second kappa shape index (κ2) is 9.11. The number of para-hydroxylation sites is 1. The average molecular weight is 471 g/mol. The van der Waals surface area contributed by atoms with Gasteiger partial charge in [-0.1, -0.05) is 40.3 Å². The van der Waals surface area contributed by atoms with Crippen molar-refractivity contribution in [3.8, 4) is 0 Å². The molecule has 2 aromatic carbocycles. The number of thiazole rings is 1. The molecule has 4 aromatic rings. The lowest BCUT2D eigenvalue weighted by Gasteiger charge is -2.29. The van der Waals surface area contributed by atoms with E-state index >= 15 is 0 Å². The lowest BCUT2D eigenvalue weighted by molar-refractivity contribution is -0.119. The molecule has 1 fully saturated rings. The number of carbonyl (C=O) groups is 1. The van der Waals surface area contributed by atoms with Crippen LogP contribution in [-0.4, -0.2) is 70.2 Å². The molecule has 8 nitrogen and oxygen atoms in total. The van der Waals surface area contributed by atoms with Crippen LogP contribution < -0.4 is 4.90 Å². The minimum Gasteiger partial charge on any atom is -0.379 e. The van der Waals surface area contributed by atoms with Gasteiger partial charge in [0.2, 0.25) is 0 Å². The number of halogens is 1. The van der Waals surface area contributed by atoms with Crippen LogP contribution in [0.5, 0.6) is 0 Å². The van der Waals surface area contributed by atoms with Gasteiger partial charge in [-0.15, -0.1) is 5.10 Å². The molecule has 0 N–H and O–H groups in total. The summed E-state index contributed by atoms with van der Waals surface area (Å²) in [5.74, 6) is -0.0725. The quantitative estimate of drug-likeness (QED) is 0.430. The van der Waals surface area contributed by atoms with Gasteiger partial charge < -0.3 is 4.74 Å². The summed E-state index contributed by atoms with van der Waals surface area (Å²) >= 11 is 7.81. The molecule has 0 unspecified atom stereocenters. The van der Waals surface area contributed by atoms with Crippen molar-refractivity contribution in [2.75, 3.05) is 44.3 Å². The normalized spacial score (nSPS) is 14.9. The number of hydrogen-bond donors (Lipinski definition) is 0. The summed E-state index contributed by atoms with van der Waals surface area (Å²) in [4.78, 5) is 22.4. The Balaban J connectivity index is 1.44. The van der Waals surface area contributed by atoms with E-state index in [0.29, 0.717) is 16.7 Å². The Hall–Kier alpha value is -2.59. The van der Waals surface area contributed by atoms with Crippen LogP contribution in [0.1, 0.15) is 5.56 Å². The summed E-state index contributed by atoms with van der Waals surface area (Å²) in [7, 11) is 0. The zero-order chi connectivity index (χ0) is 22.1. The largest absolute Gasteiger partial charge is 0.379 e. The van der Waals surface area contributed by atoms with Crippen LogP contribution in [0.15, 0.2) is 36.4 Å². The monoisotopic (exact) mass is 470 g/mol. The Morgan fingerprint density at radius 1 is 1.22 bits per heavy atom.